The van der Waals surface area contributed by atoms with Gasteiger partial charge in [0.05, 0.1) is 0 Å². The maximum Gasteiger partial charge on any atom is 0.231 e. The lowest BCUT2D eigenvalue weighted by atomic mass is 10.0. The fraction of sp³-hybridized carbons (Fsp3) is 0.500. The highest BCUT2D eigenvalue weighted by Crippen LogP contribution is 2.34. The van der Waals surface area contributed by atoms with Crippen molar-refractivity contribution in [2.24, 2.45) is 0 Å². The van der Waals surface area contributed by atoms with Crippen LogP contribution in [0.15, 0.2) is 12.1 Å². The van der Waals surface area contributed by atoms with Crippen molar-refractivity contribution in [1.82, 2.24) is 10.6 Å². The van der Waals surface area contributed by atoms with E-state index in [9.17, 15) is 0 Å². The summed E-state index contributed by atoms with van der Waals surface area (Å²) in [4.78, 5) is 0. The van der Waals surface area contributed by atoms with Gasteiger partial charge in [0.15, 0.2) is 11.5 Å². The van der Waals surface area contributed by atoms with Crippen LogP contribution < -0.4 is 20.1 Å². The molecule has 2 rings (SSSR count). The Bertz CT molecular complexity index is 366. The monoisotopic (exact) mass is 222 g/mol. The summed E-state index contributed by atoms with van der Waals surface area (Å²) in [6, 6.07) is 4.13. The van der Waals surface area contributed by atoms with Gasteiger partial charge < -0.3 is 20.1 Å². The van der Waals surface area contributed by atoms with Gasteiger partial charge in [0, 0.05) is 13.2 Å². The van der Waals surface area contributed by atoms with E-state index < -0.39 is 0 Å². The van der Waals surface area contributed by atoms with E-state index >= 15 is 0 Å². The molecule has 16 heavy (non-hydrogen) atoms. The highest BCUT2D eigenvalue weighted by Gasteiger charge is 2.15. The van der Waals surface area contributed by atoms with Crippen molar-refractivity contribution in [3.63, 3.8) is 0 Å². The maximum atomic E-state index is 5.37. The zero-order valence-corrected chi connectivity index (χ0v) is 9.80. The minimum Gasteiger partial charge on any atom is -0.454 e. The molecule has 0 saturated heterocycles. The summed E-state index contributed by atoms with van der Waals surface area (Å²) >= 11 is 0. The summed E-state index contributed by atoms with van der Waals surface area (Å²) in [6.45, 7) is 4.25. The third kappa shape index (κ3) is 2.46. The molecule has 0 atom stereocenters. The van der Waals surface area contributed by atoms with Gasteiger partial charge in [0.2, 0.25) is 6.79 Å². The van der Waals surface area contributed by atoms with Crippen LogP contribution in [0.5, 0.6) is 11.5 Å². The van der Waals surface area contributed by atoms with Crippen LogP contribution in [0.1, 0.15) is 11.1 Å². The molecule has 0 unspecified atom stereocenters. The molecule has 0 radical (unpaired) electrons. The number of benzene rings is 1. The molecular weight excluding hydrogens is 204 g/mol. The molecule has 0 aliphatic carbocycles. The average Bonchev–Trinajstić information content (AvgIpc) is 2.71. The third-order valence-electron chi connectivity index (χ3n) is 2.70. The molecule has 88 valence electrons. The Morgan fingerprint density at radius 3 is 2.75 bits per heavy atom. The summed E-state index contributed by atoms with van der Waals surface area (Å²) in [6.07, 6.45) is 1.00. The first kappa shape index (κ1) is 11.2. The Hall–Kier alpha value is -1.26. The number of hydrogen-bond donors (Lipinski definition) is 2. The molecule has 4 heteroatoms. The molecule has 0 fully saturated rings. The highest BCUT2D eigenvalue weighted by atomic mass is 16.7. The maximum absolute atomic E-state index is 5.37. The molecule has 0 amide bonds. The molecule has 2 N–H and O–H groups in total. The molecule has 0 bridgehead atoms. The van der Waals surface area contributed by atoms with Gasteiger partial charge >= 0.3 is 0 Å². The van der Waals surface area contributed by atoms with E-state index in [0.29, 0.717) is 6.79 Å². The minimum absolute atomic E-state index is 0.343. The molecule has 0 saturated carbocycles. The third-order valence-corrected chi connectivity index (χ3v) is 2.70. The van der Waals surface area contributed by atoms with Crippen LogP contribution in [0, 0.1) is 6.92 Å². The topological polar surface area (TPSA) is 42.5 Å². The second-order valence-electron chi connectivity index (χ2n) is 3.91. The average molecular weight is 222 g/mol. The van der Waals surface area contributed by atoms with E-state index in [1.54, 1.807) is 0 Å². The summed E-state index contributed by atoms with van der Waals surface area (Å²) < 4.78 is 10.7. The zero-order valence-electron chi connectivity index (χ0n) is 9.80. The number of hydrogen-bond acceptors (Lipinski definition) is 4. The Morgan fingerprint density at radius 1 is 1.25 bits per heavy atom. The summed E-state index contributed by atoms with van der Waals surface area (Å²) in [5.41, 5.74) is 2.57. The van der Waals surface area contributed by atoms with E-state index in [0.717, 1.165) is 31.1 Å². The summed E-state index contributed by atoms with van der Waals surface area (Å²) in [5, 5.41) is 6.35. The normalized spacial score (nSPS) is 13.1. The summed E-state index contributed by atoms with van der Waals surface area (Å²) in [7, 11) is 1.93. The van der Waals surface area contributed by atoms with E-state index in [1.807, 2.05) is 7.05 Å². The molecule has 0 spiro atoms. The van der Waals surface area contributed by atoms with Crippen LogP contribution in [0.2, 0.25) is 0 Å². The van der Waals surface area contributed by atoms with Crippen molar-refractivity contribution >= 4 is 0 Å². The molecule has 1 heterocycles. The lowest BCUT2D eigenvalue weighted by Gasteiger charge is -2.08. The SMILES string of the molecule is CNCNCCc1cc2c(cc1C)OCO2. The molecule has 4 nitrogen and oxygen atoms in total. The standard InChI is InChI=1S/C12H18N2O2/c1-9-5-11-12(16-8-15-11)6-10(9)3-4-14-7-13-2/h5-6,13-14H,3-4,7-8H2,1-2H3. The zero-order chi connectivity index (χ0) is 11.4. The predicted molar refractivity (Wildman–Crippen MR) is 62.9 cm³/mol. The van der Waals surface area contributed by atoms with Gasteiger partial charge in [0.1, 0.15) is 0 Å². The number of fused-ring (bicyclic) bond motifs is 1. The smallest absolute Gasteiger partial charge is 0.231 e. The number of ether oxygens (including phenoxy) is 2. The molecule has 1 aliphatic heterocycles. The van der Waals surface area contributed by atoms with E-state index in [2.05, 4.69) is 29.7 Å². The Kier molecular flexibility index (Phi) is 3.64. The second-order valence-corrected chi connectivity index (χ2v) is 3.91. The van der Waals surface area contributed by atoms with Crippen molar-refractivity contribution in [1.29, 1.82) is 0 Å². The van der Waals surface area contributed by atoms with E-state index in [-0.39, 0.29) is 0 Å². The fourth-order valence-corrected chi connectivity index (χ4v) is 1.79. The first-order valence-corrected chi connectivity index (χ1v) is 5.55. The van der Waals surface area contributed by atoms with Crippen molar-refractivity contribution in [2.75, 3.05) is 27.1 Å². The van der Waals surface area contributed by atoms with Crippen molar-refractivity contribution in [3.8, 4) is 11.5 Å². The van der Waals surface area contributed by atoms with Gasteiger partial charge in [-0.3, -0.25) is 0 Å². The number of nitrogens with one attached hydrogen (secondary N) is 2. The minimum atomic E-state index is 0.343. The van der Waals surface area contributed by atoms with Crippen LogP contribution in [0.3, 0.4) is 0 Å². The fourth-order valence-electron chi connectivity index (χ4n) is 1.79. The van der Waals surface area contributed by atoms with Crippen LogP contribution in [0.4, 0.5) is 0 Å². The molecule has 1 aromatic carbocycles. The van der Waals surface area contributed by atoms with Crippen LogP contribution in [0.25, 0.3) is 0 Å². The van der Waals surface area contributed by atoms with E-state index in [4.69, 9.17) is 9.47 Å². The van der Waals surface area contributed by atoms with Gasteiger partial charge in [0.25, 0.3) is 0 Å². The highest BCUT2D eigenvalue weighted by molar-refractivity contribution is 5.48. The van der Waals surface area contributed by atoms with Crippen molar-refractivity contribution in [3.05, 3.63) is 23.3 Å². The Morgan fingerprint density at radius 2 is 2.00 bits per heavy atom. The summed E-state index contributed by atoms with van der Waals surface area (Å²) in [5.74, 6) is 1.73. The Balaban J connectivity index is 1.98. The van der Waals surface area contributed by atoms with Gasteiger partial charge in [-0.05, 0) is 43.7 Å². The molecule has 1 aliphatic rings. The number of aryl methyl sites for hydroxylation is 1. The first-order valence-electron chi connectivity index (χ1n) is 5.55. The van der Waals surface area contributed by atoms with Gasteiger partial charge in [-0.25, -0.2) is 0 Å². The van der Waals surface area contributed by atoms with Crippen molar-refractivity contribution < 1.29 is 9.47 Å². The van der Waals surface area contributed by atoms with Gasteiger partial charge in [-0.2, -0.15) is 0 Å². The number of rotatable bonds is 5. The van der Waals surface area contributed by atoms with Crippen molar-refractivity contribution in [2.45, 2.75) is 13.3 Å². The molecule has 1 aromatic rings. The van der Waals surface area contributed by atoms with Crippen LogP contribution in [-0.2, 0) is 6.42 Å². The Labute approximate surface area is 95.9 Å². The van der Waals surface area contributed by atoms with Crippen LogP contribution >= 0.6 is 0 Å². The lowest BCUT2D eigenvalue weighted by Crippen LogP contribution is -2.27. The first-order chi connectivity index (χ1) is 7.81. The predicted octanol–water partition coefficient (Wildman–Crippen LogP) is 1.03. The quantitative estimate of drug-likeness (QED) is 0.577. The van der Waals surface area contributed by atoms with Gasteiger partial charge in [-0.15, -0.1) is 0 Å². The van der Waals surface area contributed by atoms with Gasteiger partial charge in [-0.1, -0.05) is 0 Å². The largest absolute Gasteiger partial charge is 0.454 e. The van der Waals surface area contributed by atoms with E-state index in [1.165, 1.54) is 11.1 Å². The molecule has 0 aromatic heterocycles. The molecular formula is C12H18N2O2. The lowest BCUT2D eigenvalue weighted by molar-refractivity contribution is 0.174. The second kappa shape index (κ2) is 5.18. The van der Waals surface area contributed by atoms with Crippen LogP contribution in [-0.4, -0.2) is 27.1 Å².